The van der Waals surface area contributed by atoms with Crippen molar-refractivity contribution in [1.82, 2.24) is 15.2 Å². The minimum absolute atomic E-state index is 0.0750. The number of hydrogen-bond donors (Lipinski definition) is 2. The minimum Gasteiger partial charge on any atom is -0.456 e. The van der Waals surface area contributed by atoms with Gasteiger partial charge in [-0.25, -0.2) is 4.99 Å². The third kappa shape index (κ3) is 5.29. The number of hydrogen-bond acceptors (Lipinski definition) is 5. The van der Waals surface area contributed by atoms with Crippen LogP contribution in [0.4, 0.5) is 0 Å². The number of nitrogens with zero attached hydrogens (tertiary/aromatic N) is 2. The maximum absolute atomic E-state index is 6.52. The number of rotatable bonds is 5. The second-order valence-electron chi connectivity index (χ2n) is 15.1. The zero-order valence-electron chi connectivity index (χ0n) is 30.9. The first-order valence-electron chi connectivity index (χ1n) is 19.7. The van der Waals surface area contributed by atoms with E-state index in [0.29, 0.717) is 0 Å². The van der Waals surface area contributed by atoms with Crippen molar-refractivity contribution in [2.75, 3.05) is 0 Å². The van der Waals surface area contributed by atoms with Crippen LogP contribution in [0.5, 0.6) is 0 Å². The molecule has 5 nitrogen and oxygen atoms in total. The molecule has 57 heavy (non-hydrogen) atoms. The number of benzene rings is 7. The van der Waals surface area contributed by atoms with Crippen molar-refractivity contribution in [3.8, 4) is 16.8 Å². The molecule has 0 saturated heterocycles. The van der Waals surface area contributed by atoms with Crippen LogP contribution in [0.1, 0.15) is 36.3 Å². The van der Waals surface area contributed by atoms with E-state index in [2.05, 4.69) is 185 Å². The van der Waals surface area contributed by atoms with Gasteiger partial charge in [0.1, 0.15) is 29.3 Å². The maximum atomic E-state index is 6.52. The molecule has 272 valence electrons. The number of aromatic nitrogens is 1. The van der Waals surface area contributed by atoms with Gasteiger partial charge in [0.15, 0.2) is 0 Å². The molecule has 1 aliphatic carbocycles. The summed E-state index contributed by atoms with van der Waals surface area (Å²) in [7, 11) is 0. The quantitative estimate of drug-likeness (QED) is 0.184. The van der Waals surface area contributed by atoms with Crippen molar-refractivity contribution in [1.29, 1.82) is 0 Å². The molecular weight excluding hydrogens is 717 g/mol. The highest BCUT2D eigenvalue weighted by molar-refractivity contribution is 7.25. The Bertz CT molecular complexity index is 3270. The Balaban J connectivity index is 0.958. The summed E-state index contributed by atoms with van der Waals surface area (Å²) in [5, 5.41) is 14.8. The number of aliphatic imine (C=N–C) groups is 1. The Morgan fingerprint density at radius 1 is 0.632 bits per heavy atom. The van der Waals surface area contributed by atoms with Crippen molar-refractivity contribution < 1.29 is 4.42 Å². The third-order valence-electron chi connectivity index (χ3n) is 11.8. The standard InChI is InChI=1S/C51H36N4OS/c1-3-12-31(13-4-1)49-52-50(32-14-5-2-6-15-32)54-51(53-49)34-23-27-44-41(28-34)48-36(18-11-21-45(48)56-44)33-22-25-39-40-26-24-35(30-47(40)57-46(39)29-33)55-42-19-9-7-16-37(42)38-17-8-10-20-43(38)55/h1-5,7-14,16-30,49,51,53H,6,15H2,(H,52,54). The van der Waals surface area contributed by atoms with Gasteiger partial charge in [-0.3, -0.25) is 5.32 Å². The molecule has 7 aromatic carbocycles. The van der Waals surface area contributed by atoms with E-state index in [1.807, 2.05) is 11.3 Å². The average molecular weight is 753 g/mol. The number of fused-ring (bicyclic) bond motifs is 9. The molecule has 3 aromatic heterocycles. The van der Waals surface area contributed by atoms with Crippen LogP contribution in [-0.4, -0.2) is 10.4 Å². The minimum atomic E-state index is -0.234. The van der Waals surface area contributed by atoms with Gasteiger partial charge in [-0.1, -0.05) is 121 Å². The summed E-state index contributed by atoms with van der Waals surface area (Å²) < 4.78 is 11.5. The SMILES string of the molecule is C1=CCCC(C2=NC(c3ccc4oc5cccc(-c6ccc7c(c6)sc6cc(-n8c9ccccc9c9ccccc98)ccc67)c5c4c3)NC(c3ccccc3)N2)=C1. The Labute approximate surface area is 332 Å². The number of para-hydroxylation sites is 2. The summed E-state index contributed by atoms with van der Waals surface area (Å²) in [5.74, 6) is 0.952. The summed E-state index contributed by atoms with van der Waals surface area (Å²) in [5.41, 5.74) is 11.3. The van der Waals surface area contributed by atoms with Gasteiger partial charge in [0.05, 0.1) is 11.0 Å². The molecule has 12 rings (SSSR count). The summed E-state index contributed by atoms with van der Waals surface area (Å²) in [4.78, 5) is 5.27. The van der Waals surface area contributed by atoms with Gasteiger partial charge < -0.3 is 14.3 Å². The highest BCUT2D eigenvalue weighted by atomic mass is 32.1. The molecule has 0 spiro atoms. The molecule has 0 bridgehead atoms. The molecule has 2 unspecified atom stereocenters. The van der Waals surface area contributed by atoms with Crippen LogP contribution in [0.25, 0.3) is 80.7 Å². The predicted molar refractivity (Wildman–Crippen MR) is 238 cm³/mol. The Hall–Kier alpha value is -6.73. The van der Waals surface area contributed by atoms with E-state index in [1.54, 1.807) is 0 Å². The molecule has 4 heterocycles. The molecule has 10 aromatic rings. The van der Waals surface area contributed by atoms with E-state index in [0.717, 1.165) is 51.7 Å². The van der Waals surface area contributed by atoms with E-state index in [-0.39, 0.29) is 12.3 Å². The Morgan fingerprint density at radius 2 is 1.40 bits per heavy atom. The largest absolute Gasteiger partial charge is 0.456 e. The molecule has 0 saturated carbocycles. The van der Waals surface area contributed by atoms with Crippen molar-refractivity contribution in [3.63, 3.8) is 0 Å². The number of allylic oxidation sites excluding steroid dienone is 3. The van der Waals surface area contributed by atoms with Gasteiger partial charge in [-0.05, 0) is 89.2 Å². The summed E-state index contributed by atoms with van der Waals surface area (Å²) >= 11 is 1.86. The molecule has 0 radical (unpaired) electrons. The predicted octanol–water partition coefficient (Wildman–Crippen LogP) is 13.3. The number of amidine groups is 1. The van der Waals surface area contributed by atoms with E-state index in [1.165, 1.54) is 64.4 Å². The fourth-order valence-electron chi connectivity index (χ4n) is 9.04. The van der Waals surface area contributed by atoms with E-state index in [4.69, 9.17) is 9.41 Å². The molecule has 2 N–H and O–H groups in total. The van der Waals surface area contributed by atoms with Crippen LogP contribution >= 0.6 is 11.3 Å². The lowest BCUT2D eigenvalue weighted by Crippen LogP contribution is -2.45. The van der Waals surface area contributed by atoms with Crippen molar-refractivity contribution in [3.05, 3.63) is 187 Å². The first kappa shape index (κ1) is 32.5. The van der Waals surface area contributed by atoms with Gasteiger partial charge in [-0.2, -0.15) is 0 Å². The topological polar surface area (TPSA) is 54.5 Å². The fourth-order valence-corrected chi connectivity index (χ4v) is 10.2. The molecular formula is C51H36N4OS. The molecule has 0 amide bonds. The number of furan rings is 1. The second-order valence-corrected chi connectivity index (χ2v) is 16.2. The van der Waals surface area contributed by atoms with Gasteiger partial charge >= 0.3 is 0 Å². The number of thiophene rings is 1. The Morgan fingerprint density at radius 3 is 2.21 bits per heavy atom. The van der Waals surface area contributed by atoms with Crippen LogP contribution in [0.15, 0.2) is 185 Å². The van der Waals surface area contributed by atoms with Crippen molar-refractivity contribution in [2.45, 2.75) is 25.2 Å². The van der Waals surface area contributed by atoms with Crippen LogP contribution in [-0.2, 0) is 0 Å². The number of nitrogens with one attached hydrogen (secondary N) is 2. The zero-order valence-corrected chi connectivity index (χ0v) is 31.8. The van der Waals surface area contributed by atoms with Gasteiger partial charge in [0.25, 0.3) is 0 Å². The lowest BCUT2D eigenvalue weighted by molar-refractivity contribution is 0.408. The van der Waals surface area contributed by atoms with Gasteiger partial charge in [0.2, 0.25) is 0 Å². The lowest BCUT2D eigenvalue weighted by Gasteiger charge is -2.33. The van der Waals surface area contributed by atoms with Crippen LogP contribution < -0.4 is 10.6 Å². The Kier molecular flexibility index (Phi) is 7.37. The molecule has 2 atom stereocenters. The summed E-state index contributed by atoms with van der Waals surface area (Å²) in [6.07, 6.45) is 8.23. The molecule has 0 fully saturated rings. The average Bonchev–Trinajstić information content (AvgIpc) is 3.95. The smallest absolute Gasteiger partial charge is 0.136 e. The third-order valence-corrected chi connectivity index (χ3v) is 12.9. The van der Waals surface area contributed by atoms with Crippen molar-refractivity contribution >= 4 is 81.1 Å². The zero-order chi connectivity index (χ0) is 37.5. The van der Waals surface area contributed by atoms with E-state index < -0.39 is 0 Å². The van der Waals surface area contributed by atoms with Crippen molar-refractivity contribution in [2.24, 2.45) is 4.99 Å². The van der Waals surface area contributed by atoms with Gasteiger partial charge in [-0.15, -0.1) is 11.3 Å². The fraction of sp³-hybridized carbons (Fsp3) is 0.0784. The van der Waals surface area contributed by atoms with Crippen LogP contribution in [0.2, 0.25) is 0 Å². The van der Waals surface area contributed by atoms with E-state index in [9.17, 15) is 0 Å². The lowest BCUT2D eigenvalue weighted by atomic mass is 9.97. The first-order chi connectivity index (χ1) is 28.2. The normalized spacial score (nSPS) is 17.2. The van der Waals surface area contributed by atoms with Crippen LogP contribution in [0, 0.1) is 0 Å². The highest BCUT2D eigenvalue weighted by Gasteiger charge is 2.27. The summed E-state index contributed by atoms with van der Waals surface area (Å²) in [6, 6.07) is 54.8. The summed E-state index contributed by atoms with van der Waals surface area (Å²) in [6.45, 7) is 0. The monoisotopic (exact) mass is 752 g/mol. The molecule has 2 aliphatic rings. The molecule has 1 aliphatic heterocycles. The van der Waals surface area contributed by atoms with E-state index >= 15 is 0 Å². The highest BCUT2D eigenvalue weighted by Crippen LogP contribution is 2.43. The van der Waals surface area contributed by atoms with Crippen LogP contribution in [0.3, 0.4) is 0 Å². The molecule has 6 heteroatoms. The van der Waals surface area contributed by atoms with Gasteiger partial charge in [0, 0.05) is 47.4 Å². The maximum Gasteiger partial charge on any atom is 0.136 e. The second kappa shape index (κ2) is 12.9. The first-order valence-corrected chi connectivity index (χ1v) is 20.5.